The molecule has 1 aromatic carbocycles. The normalized spacial score (nSPS) is 10.8. The van der Waals surface area contributed by atoms with Crippen LogP contribution in [0.3, 0.4) is 0 Å². The van der Waals surface area contributed by atoms with Crippen LogP contribution in [0.1, 0.15) is 5.69 Å². The van der Waals surface area contributed by atoms with Gasteiger partial charge in [0.05, 0.1) is 10.5 Å². The van der Waals surface area contributed by atoms with Crippen LogP contribution in [-0.4, -0.2) is 4.98 Å². The highest BCUT2D eigenvalue weighted by atomic mass is 35.5. The number of H-pyrrole nitrogens is 1. The highest BCUT2D eigenvalue weighted by Gasteiger charge is 2.03. The molecule has 72 valence electrons. The first-order valence-electron chi connectivity index (χ1n) is 4.06. The van der Waals surface area contributed by atoms with Crippen LogP contribution in [0.4, 0.5) is 0 Å². The van der Waals surface area contributed by atoms with Crippen molar-refractivity contribution in [1.82, 2.24) is 4.98 Å². The highest BCUT2D eigenvalue weighted by Crippen LogP contribution is 2.27. The lowest BCUT2D eigenvalue weighted by Gasteiger charge is -2.03. The number of pyridine rings is 1. The molecule has 1 nitrogen and oxygen atoms in total. The molecule has 14 heavy (non-hydrogen) atoms. The summed E-state index contributed by atoms with van der Waals surface area (Å²) in [5, 5.41) is 2.09. The van der Waals surface area contributed by atoms with Crippen molar-refractivity contribution >= 4 is 46.3 Å². The molecule has 0 amide bonds. The molecule has 0 radical (unpaired) electrons. The average molecular weight is 244 g/mol. The van der Waals surface area contributed by atoms with E-state index in [1.807, 2.05) is 19.1 Å². The molecule has 0 atom stereocenters. The number of halogens is 2. The van der Waals surface area contributed by atoms with Crippen molar-refractivity contribution < 1.29 is 0 Å². The van der Waals surface area contributed by atoms with Gasteiger partial charge in [-0.15, -0.1) is 0 Å². The summed E-state index contributed by atoms with van der Waals surface area (Å²) in [5.74, 6) is 0. The van der Waals surface area contributed by atoms with Gasteiger partial charge in [-0.2, -0.15) is 0 Å². The van der Waals surface area contributed by atoms with E-state index in [1.54, 1.807) is 6.07 Å². The maximum absolute atomic E-state index is 6.04. The fourth-order valence-electron chi connectivity index (χ4n) is 1.40. The summed E-state index contributed by atoms with van der Waals surface area (Å²) in [4.78, 5) is 3.17. The van der Waals surface area contributed by atoms with E-state index in [0.717, 1.165) is 21.1 Å². The molecule has 0 saturated heterocycles. The SMILES string of the molecule is Cc1cc(=S)c2cc(Cl)cc(Cl)c2[nH]1. The maximum atomic E-state index is 6.04. The zero-order valence-electron chi connectivity index (χ0n) is 7.40. The van der Waals surface area contributed by atoms with Crippen molar-refractivity contribution in [3.63, 3.8) is 0 Å². The smallest absolute Gasteiger partial charge is 0.0662 e. The molecule has 1 heterocycles. The van der Waals surface area contributed by atoms with Crippen LogP contribution in [0, 0.1) is 11.4 Å². The molecule has 1 N–H and O–H groups in total. The predicted octanol–water partition coefficient (Wildman–Crippen LogP) is 4.51. The summed E-state index contributed by atoms with van der Waals surface area (Å²) in [5.41, 5.74) is 1.84. The van der Waals surface area contributed by atoms with Crippen LogP contribution < -0.4 is 0 Å². The van der Waals surface area contributed by atoms with Crippen LogP contribution >= 0.6 is 35.4 Å². The Bertz CT molecular complexity index is 560. The highest BCUT2D eigenvalue weighted by molar-refractivity contribution is 7.71. The molecular weight excluding hydrogens is 237 g/mol. The fraction of sp³-hybridized carbons (Fsp3) is 0.100. The van der Waals surface area contributed by atoms with Crippen LogP contribution in [0.15, 0.2) is 18.2 Å². The summed E-state index contributed by atoms with van der Waals surface area (Å²) >= 11 is 17.2. The van der Waals surface area contributed by atoms with Gasteiger partial charge in [0, 0.05) is 20.6 Å². The molecule has 0 spiro atoms. The third-order valence-corrected chi connectivity index (χ3v) is 2.84. The van der Waals surface area contributed by atoms with Gasteiger partial charge in [-0.1, -0.05) is 35.4 Å². The minimum absolute atomic E-state index is 0.599. The van der Waals surface area contributed by atoms with E-state index in [-0.39, 0.29) is 0 Å². The van der Waals surface area contributed by atoms with Gasteiger partial charge in [0.25, 0.3) is 0 Å². The topological polar surface area (TPSA) is 15.8 Å². The molecule has 0 bridgehead atoms. The second kappa shape index (κ2) is 3.54. The van der Waals surface area contributed by atoms with E-state index in [0.29, 0.717) is 10.0 Å². The molecule has 0 unspecified atom stereocenters. The van der Waals surface area contributed by atoms with Crippen molar-refractivity contribution in [3.8, 4) is 0 Å². The van der Waals surface area contributed by atoms with Gasteiger partial charge in [0.2, 0.25) is 0 Å². The summed E-state index contributed by atoms with van der Waals surface area (Å²) < 4.78 is 0.764. The largest absolute Gasteiger partial charge is 0.357 e. The number of aromatic amines is 1. The second-order valence-electron chi connectivity index (χ2n) is 3.13. The van der Waals surface area contributed by atoms with Gasteiger partial charge in [-0.05, 0) is 25.1 Å². The monoisotopic (exact) mass is 243 g/mol. The number of benzene rings is 1. The summed E-state index contributed by atoms with van der Waals surface area (Å²) in [6, 6.07) is 5.42. The Morgan fingerprint density at radius 1 is 1.21 bits per heavy atom. The third kappa shape index (κ3) is 1.65. The van der Waals surface area contributed by atoms with Gasteiger partial charge in [0.15, 0.2) is 0 Å². The molecule has 0 saturated carbocycles. The predicted molar refractivity (Wildman–Crippen MR) is 63.9 cm³/mol. The molecule has 2 rings (SSSR count). The van der Waals surface area contributed by atoms with Crippen molar-refractivity contribution in [1.29, 1.82) is 0 Å². The molecule has 0 aliphatic rings. The van der Waals surface area contributed by atoms with Crippen LogP contribution in [0.2, 0.25) is 10.0 Å². The Morgan fingerprint density at radius 3 is 2.64 bits per heavy atom. The molecule has 4 heteroatoms. The standard InChI is InChI=1S/C10H7Cl2NS/c1-5-2-9(14)7-3-6(11)4-8(12)10(7)13-5/h2-4H,1H3,(H,13,14). The van der Waals surface area contributed by atoms with Crippen LogP contribution in [-0.2, 0) is 0 Å². The average Bonchev–Trinajstić information content (AvgIpc) is 2.07. The quantitative estimate of drug-likeness (QED) is 0.674. The van der Waals surface area contributed by atoms with Crippen molar-refractivity contribution in [2.75, 3.05) is 0 Å². The second-order valence-corrected chi connectivity index (χ2v) is 4.41. The van der Waals surface area contributed by atoms with Crippen molar-refractivity contribution in [3.05, 3.63) is 38.4 Å². The van der Waals surface area contributed by atoms with E-state index >= 15 is 0 Å². The van der Waals surface area contributed by atoms with E-state index in [1.165, 1.54) is 0 Å². The van der Waals surface area contributed by atoms with Gasteiger partial charge < -0.3 is 4.98 Å². The van der Waals surface area contributed by atoms with Crippen molar-refractivity contribution in [2.24, 2.45) is 0 Å². The van der Waals surface area contributed by atoms with Crippen LogP contribution in [0.25, 0.3) is 10.9 Å². The first-order valence-corrected chi connectivity index (χ1v) is 5.23. The fourth-order valence-corrected chi connectivity index (χ4v) is 2.28. The van der Waals surface area contributed by atoms with Gasteiger partial charge in [-0.3, -0.25) is 0 Å². The summed E-state index contributed by atoms with van der Waals surface area (Å²) in [6.45, 7) is 1.94. The Labute approximate surface area is 96.7 Å². The van der Waals surface area contributed by atoms with Gasteiger partial charge in [0.1, 0.15) is 0 Å². The molecular formula is C10H7Cl2NS. The zero-order valence-corrected chi connectivity index (χ0v) is 9.72. The number of aryl methyl sites for hydroxylation is 1. The molecule has 2 aromatic rings. The number of rotatable bonds is 0. The minimum Gasteiger partial charge on any atom is -0.357 e. The Hall–Kier alpha value is -0.570. The van der Waals surface area contributed by atoms with E-state index in [2.05, 4.69) is 4.98 Å². The number of fused-ring (bicyclic) bond motifs is 1. The number of hydrogen-bond donors (Lipinski definition) is 1. The van der Waals surface area contributed by atoms with Gasteiger partial charge >= 0.3 is 0 Å². The van der Waals surface area contributed by atoms with Crippen molar-refractivity contribution in [2.45, 2.75) is 6.92 Å². The van der Waals surface area contributed by atoms with E-state index in [9.17, 15) is 0 Å². The lowest BCUT2D eigenvalue weighted by Crippen LogP contribution is -1.85. The first kappa shape index (κ1) is 9.97. The number of nitrogens with one attached hydrogen (secondary N) is 1. The lowest BCUT2D eigenvalue weighted by molar-refractivity contribution is 1.25. The van der Waals surface area contributed by atoms with E-state index < -0.39 is 0 Å². The van der Waals surface area contributed by atoms with E-state index in [4.69, 9.17) is 35.4 Å². The maximum Gasteiger partial charge on any atom is 0.0662 e. The summed E-state index contributed by atoms with van der Waals surface area (Å²) in [7, 11) is 0. The molecule has 0 fully saturated rings. The number of hydrogen-bond acceptors (Lipinski definition) is 1. The Morgan fingerprint density at radius 2 is 1.93 bits per heavy atom. The third-order valence-electron chi connectivity index (χ3n) is 1.99. The first-order chi connectivity index (χ1) is 6.58. The molecule has 1 aromatic heterocycles. The lowest BCUT2D eigenvalue weighted by atomic mass is 10.2. The van der Waals surface area contributed by atoms with Crippen LogP contribution in [0.5, 0.6) is 0 Å². The summed E-state index contributed by atoms with van der Waals surface area (Å²) in [6.07, 6.45) is 0. The van der Waals surface area contributed by atoms with Gasteiger partial charge in [-0.25, -0.2) is 0 Å². The number of aromatic nitrogens is 1. The zero-order chi connectivity index (χ0) is 10.3. The minimum atomic E-state index is 0.599. The molecule has 0 aliphatic heterocycles. The Kier molecular flexibility index (Phi) is 2.52. The Balaban J connectivity index is 3.02. The molecule has 0 aliphatic carbocycles.